The molecule has 2 heterocycles. The van der Waals surface area contributed by atoms with E-state index in [-0.39, 0.29) is 0 Å². The normalized spacial score (nSPS) is 16.4. The molecule has 1 aliphatic rings. The molecule has 0 aliphatic carbocycles. The lowest BCUT2D eigenvalue weighted by atomic mass is 10.2. The number of carboxylic acids is 1. The molecule has 0 radical (unpaired) electrons. The first-order valence-electron chi connectivity index (χ1n) is 5.87. The third-order valence-electron chi connectivity index (χ3n) is 2.94. The highest BCUT2D eigenvalue weighted by molar-refractivity contribution is 5.87. The van der Waals surface area contributed by atoms with E-state index in [0.717, 1.165) is 36.2 Å². The van der Waals surface area contributed by atoms with Crippen molar-refractivity contribution in [2.75, 3.05) is 31.2 Å². The summed E-state index contributed by atoms with van der Waals surface area (Å²) >= 11 is 0. The number of aryl methyl sites for hydroxylation is 2. The fourth-order valence-corrected chi connectivity index (χ4v) is 2.16. The first-order valence-corrected chi connectivity index (χ1v) is 5.87. The highest BCUT2D eigenvalue weighted by Gasteiger charge is 2.19. The van der Waals surface area contributed by atoms with Crippen LogP contribution in [-0.4, -0.2) is 47.2 Å². The van der Waals surface area contributed by atoms with E-state index in [0.29, 0.717) is 13.2 Å². The molecular formula is C12H17N3O3. The smallest absolute Gasteiger partial charge is 0.328 e. The second-order valence-electron chi connectivity index (χ2n) is 4.22. The zero-order chi connectivity index (χ0) is 13.1. The quantitative estimate of drug-likeness (QED) is 0.799. The minimum absolute atomic E-state index is 0.687. The second kappa shape index (κ2) is 5.22. The number of hydrogen-bond donors (Lipinski definition) is 1. The predicted octanol–water partition coefficient (Wildman–Crippen LogP) is 0.663. The van der Waals surface area contributed by atoms with E-state index >= 15 is 0 Å². The number of morpholine rings is 1. The van der Waals surface area contributed by atoms with Gasteiger partial charge in [0, 0.05) is 31.8 Å². The first-order chi connectivity index (χ1) is 8.59. The summed E-state index contributed by atoms with van der Waals surface area (Å²) in [6, 6.07) is 0. The number of aliphatic carboxylic acids is 1. The molecule has 1 saturated heterocycles. The molecule has 0 saturated carbocycles. The van der Waals surface area contributed by atoms with Crippen molar-refractivity contribution in [1.82, 2.24) is 9.78 Å². The van der Waals surface area contributed by atoms with Crippen molar-refractivity contribution in [3.05, 3.63) is 17.3 Å². The van der Waals surface area contributed by atoms with Gasteiger partial charge in [-0.05, 0) is 13.0 Å². The largest absolute Gasteiger partial charge is 0.478 e. The van der Waals surface area contributed by atoms with Crippen molar-refractivity contribution in [2.45, 2.75) is 6.92 Å². The summed E-state index contributed by atoms with van der Waals surface area (Å²) in [5.41, 5.74) is 1.69. The van der Waals surface area contributed by atoms with E-state index in [2.05, 4.69) is 10.00 Å². The molecule has 0 bridgehead atoms. The van der Waals surface area contributed by atoms with E-state index < -0.39 is 5.97 Å². The Labute approximate surface area is 105 Å². The van der Waals surface area contributed by atoms with Gasteiger partial charge in [0.1, 0.15) is 5.82 Å². The third-order valence-corrected chi connectivity index (χ3v) is 2.94. The maximum Gasteiger partial charge on any atom is 0.328 e. The molecular weight excluding hydrogens is 234 g/mol. The lowest BCUT2D eigenvalue weighted by molar-refractivity contribution is -0.131. The van der Waals surface area contributed by atoms with E-state index in [9.17, 15) is 4.79 Å². The Morgan fingerprint density at radius 1 is 1.44 bits per heavy atom. The minimum Gasteiger partial charge on any atom is -0.478 e. The summed E-state index contributed by atoms with van der Waals surface area (Å²) < 4.78 is 7.12. The number of carbonyl (C=O) groups is 1. The van der Waals surface area contributed by atoms with Gasteiger partial charge >= 0.3 is 5.97 Å². The van der Waals surface area contributed by atoms with Crippen LogP contribution in [0.5, 0.6) is 0 Å². The lowest BCUT2D eigenvalue weighted by Crippen LogP contribution is -2.37. The van der Waals surface area contributed by atoms with Gasteiger partial charge in [-0.3, -0.25) is 4.68 Å². The van der Waals surface area contributed by atoms with Crippen LogP contribution in [0.15, 0.2) is 6.08 Å². The van der Waals surface area contributed by atoms with E-state index in [1.807, 2.05) is 14.0 Å². The highest BCUT2D eigenvalue weighted by atomic mass is 16.5. The molecule has 0 spiro atoms. The monoisotopic (exact) mass is 251 g/mol. The molecule has 0 amide bonds. The van der Waals surface area contributed by atoms with Crippen molar-refractivity contribution >= 4 is 17.9 Å². The Morgan fingerprint density at radius 2 is 2.11 bits per heavy atom. The van der Waals surface area contributed by atoms with Crippen LogP contribution < -0.4 is 4.90 Å². The summed E-state index contributed by atoms with van der Waals surface area (Å²) in [7, 11) is 1.87. The summed E-state index contributed by atoms with van der Waals surface area (Å²) in [5, 5.41) is 13.1. The standard InChI is InChI=1S/C12H17N3O3/c1-9-10(3-4-11(16)17)12(14(2)13-9)15-5-7-18-8-6-15/h3-4H,5-8H2,1-2H3,(H,16,17). The van der Waals surface area contributed by atoms with Crippen LogP contribution in [0.3, 0.4) is 0 Å². The number of anilines is 1. The van der Waals surface area contributed by atoms with Gasteiger partial charge in [-0.1, -0.05) is 0 Å². The maximum atomic E-state index is 10.6. The first kappa shape index (κ1) is 12.6. The van der Waals surface area contributed by atoms with Gasteiger partial charge in [0.2, 0.25) is 0 Å². The summed E-state index contributed by atoms with van der Waals surface area (Å²) in [6.45, 7) is 4.85. The molecule has 1 fully saturated rings. The molecule has 1 N–H and O–H groups in total. The fraction of sp³-hybridized carbons (Fsp3) is 0.500. The van der Waals surface area contributed by atoms with Crippen LogP contribution in [0.25, 0.3) is 6.08 Å². The molecule has 6 nitrogen and oxygen atoms in total. The van der Waals surface area contributed by atoms with Crippen molar-refractivity contribution in [1.29, 1.82) is 0 Å². The average Bonchev–Trinajstić information content (AvgIpc) is 2.62. The molecule has 0 aromatic carbocycles. The Hall–Kier alpha value is -1.82. The van der Waals surface area contributed by atoms with Crippen molar-refractivity contribution in [2.24, 2.45) is 7.05 Å². The molecule has 0 unspecified atom stereocenters. The fourth-order valence-electron chi connectivity index (χ4n) is 2.16. The molecule has 6 heteroatoms. The van der Waals surface area contributed by atoms with Crippen molar-refractivity contribution in [3.8, 4) is 0 Å². The van der Waals surface area contributed by atoms with Gasteiger partial charge in [-0.25, -0.2) is 4.79 Å². The lowest BCUT2D eigenvalue weighted by Gasteiger charge is -2.29. The molecule has 0 atom stereocenters. The van der Waals surface area contributed by atoms with E-state index in [1.165, 1.54) is 0 Å². The number of nitrogens with zero attached hydrogens (tertiary/aromatic N) is 3. The maximum absolute atomic E-state index is 10.6. The van der Waals surface area contributed by atoms with Crippen molar-refractivity contribution in [3.63, 3.8) is 0 Å². The number of ether oxygens (including phenoxy) is 1. The molecule has 1 aromatic rings. The van der Waals surface area contributed by atoms with Gasteiger partial charge < -0.3 is 14.7 Å². The third kappa shape index (κ3) is 2.53. The van der Waals surface area contributed by atoms with Gasteiger partial charge in [-0.15, -0.1) is 0 Å². The van der Waals surface area contributed by atoms with Crippen LogP contribution in [0.2, 0.25) is 0 Å². The average molecular weight is 251 g/mol. The van der Waals surface area contributed by atoms with Crippen LogP contribution in [0.1, 0.15) is 11.3 Å². The zero-order valence-corrected chi connectivity index (χ0v) is 10.6. The Kier molecular flexibility index (Phi) is 3.66. The highest BCUT2D eigenvalue weighted by Crippen LogP contribution is 2.25. The second-order valence-corrected chi connectivity index (χ2v) is 4.22. The number of carboxylic acid groups (broad SMARTS) is 1. The van der Waals surface area contributed by atoms with Crippen molar-refractivity contribution < 1.29 is 14.6 Å². The topological polar surface area (TPSA) is 67.6 Å². The van der Waals surface area contributed by atoms with Gasteiger partial charge in [0.25, 0.3) is 0 Å². The summed E-state index contributed by atoms with van der Waals surface area (Å²) in [5.74, 6) is -0.000481. The van der Waals surface area contributed by atoms with Crippen LogP contribution in [0.4, 0.5) is 5.82 Å². The molecule has 18 heavy (non-hydrogen) atoms. The zero-order valence-electron chi connectivity index (χ0n) is 10.6. The number of hydrogen-bond acceptors (Lipinski definition) is 4. The predicted molar refractivity (Wildman–Crippen MR) is 67.6 cm³/mol. The van der Waals surface area contributed by atoms with Gasteiger partial charge in [-0.2, -0.15) is 5.10 Å². The Bertz CT molecular complexity index is 473. The van der Waals surface area contributed by atoms with Gasteiger partial charge in [0.15, 0.2) is 0 Å². The minimum atomic E-state index is -0.953. The molecule has 1 aromatic heterocycles. The molecule has 98 valence electrons. The van der Waals surface area contributed by atoms with Crippen LogP contribution in [0, 0.1) is 6.92 Å². The Balaban J connectivity index is 2.35. The van der Waals surface area contributed by atoms with Gasteiger partial charge in [0.05, 0.1) is 18.9 Å². The number of rotatable bonds is 3. The number of aromatic nitrogens is 2. The van der Waals surface area contributed by atoms with Crippen LogP contribution >= 0.6 is 0 Å². The molecule has 2 rings (SSSR count). The van der Waals surface area contributed by atoms with E-state index in [1.54, 1.807) is 10.8 Å². The SMILES string of the molecule is Cc1nn(C)c(N2CCOCC2)c1C=CC(=O)O. The van der Waals surface area contributed by atoms with Crippen LogP contribution in [-0.2, 0) is 16.6 Å². The summed E-state index contributed by atoms with van der Waals surface area (Å²) in [4.78, 5) is 12.8. The molecule has 1 aliphatic heterocycles. The Morgan fingerprint density at radius 3 is 2.72 bits per heavy atom. The summed E-state index contributed by atoms with van der Waals surface area (Å²) in [6.07, 6.45) is 2.75. The van der Waals surface area contributed by atoms with E-state index in [4.69, 9.17) is 9.84 Å².